The van der Waals surface area contributed by atoms with E-state index in [9.17, 15) is 4.79 Å². The maximum absolute atomic E-state index is 13.6. The molecule has 0 aromatic heterocycles. The van der Waals surface area contributed by atoms with Crippen molar-refractivity contribution in [3.8, 4) is 6.07 Å². The SMILES string of the molecule is CCCCC(CCCCc1ccc(C#N)cc1)CCC(=O)c1ccc2c(c1)C1=C(CCC2)CCC(CCc2ccc(C)cc2)CC1. The molecule has 2 atom stereocenters. The molecule has 0 aliphatic heterocycles. The van der Waals surface area contributed by atoms with E-state index in [1.165, 1.54) is 111 Å². The monoisotopic (exact) mass is 613 g/mol. The lowest BCUT2D eigenvalue weighted by Crippen LogP contribution is -2.07. The van der Waals surface area contributed by atoms with Crippen molar-refractivity contribution in [2.45, 2.75) is 129 Å². The first-order chi connectivity index (χ1) is 22.5. The maximum atomic E-state index is 13.6. The van der Waals surface area contributed by atoms with E-state index in [1.54, 1.807) is 11.1 Å². The molecule has 0 fully saturated rings. The van der Waals surface area contributed by atoms with Crippen LogP contribution in [-0.2, 0) is 19.3 Å². The second-order valence-corrected chi connectivity index (χ2v) is 14.3. The average Bonchev–Trinajstić information content (AvgIpc) is 3.39. The highest BCUT2D eigenvalue weighted by molar-refractivity contribution is 5.97. The normalized spacial score (nSPS) is 16.9. The molecule has 2 unspecified atom stereocenters. The maximum Gasteiger partial charge on any atom is 0.162 e. The molecule has 0 saturated heterocycles. The number of carbonyl (C=O) groups is 1. The highest BCUT2D eigenvalue weighted by Gasteiger charge is 2.24. The highest BCUT2D eigenvalue weighted by Crippen LogP contribution is 2.41. The zero-order valence-electron chi connectivity index (χ0n) is 28.6. The molecule has 0 radical (unpaired) electrons. The minimum absolute atomic E-state index is 0.331. The van der Waals surface area contributed by atoms with Crippen molar-refractivity contribution < 1.29 is 4.79 Å². The Morgan fingerprint density at radius 1 is 0.826 bits per heavy atom. The lowest BCUT2D eigenvalue weighted by atomic mass is 9.87. The standard InChI is InChI=1S/C44H55NO/c1-3-4-8-34(9-5-6-10-35-19-21-38(32-45)22-20-35)25-30-44(46)41-28-27-40-12-7-11-39-26-23-37(24-29-42(39)43(40)31-41)18-17-36-15-13-33(2)14-16-36/h13-16,19-22,27-28,31,34,37H,3-12,17-18,23-26,29-30H2,1-2H3. The molecule has 3 aromatic rings. The second-order valence-electron chi connectivity index (χ2n) is 14.3. The fraction of sp³-hybridized carbons (Fsp3) is 0.500. The van der Waals surface area contributed by atoms with Crippen LogP contribution in [0.5, 0.6) is 0 Å². The van der Waals surface area contributed by atoms with E-state index >= 15 is 0 Å². The van der Waals surface area contributed by atoms with Crippen LogP contribution in [0, 0.1) is 30.1 Å². The van der Waals surface area contributed by atoms with Crippen LogP contribution in [0.3, 0.4) is 0 Å². The number of rotatable bonds is 15. The van der Waals surface area contributed by atoms with Gasteiger partial charge >= 0.3 is 0 Å². The molecule has 5 rings (SSSR count). The number of hydrogen-bond donors (Lipinski definition) is 0. The topological polar surface area (TPSA) is 40.9 Å². The molecule has 0 amide bonds. The number of carbonyl (C=O) groups excluding carboxylic acids is 1. The summed E-state index contributed by atoms with van der Waals surface area (Å²) in [7, 11) is 0. The van der Waals surface area contributed by atoms with Crippen LogP contribution in [0.4, 0.5) is 0 Å². The third-order valence-electron chi connectivity index (χ3n) is 10.9. The van der Waals surface area contributed by atoms with Gasteiger partial charge in [0.05, 0.1) is 11.6 Å². The molecular weight excluding hydrogens is 558 g/mol. The molecule has 0 spiro atoms. The largest absolute Gasteiger partial charge is 0.294 e. The predicted molar refractivity (Wildman–Crippen MR) is 193 cm³/mol. The summed E-state index contributed by atoms with van der Waals surface area (Å²) in [4.78, 5) is 13.6. The van der Waals surface area contributed by atoms with E-state index in [1.807, 2.05) is 12.1 Å². The lowest BCUT2D eigenvalue weighted by Gasteiger charge is -2.17. The van der Waals surface area contributed by atoms with Crippen molar-refractivity contribution in [2.75, 3.05) is 0 Å². The Kier molecular flexibility index (Phi) is 12.9. The van der Waals surface area contributed by atoms with E-state index in [0.29, 0.717) is 18.1 Å². The van der Waals surface area contributed by atoms with Gasteiger partial charge in [-0.15, -0.1) is 0 Å². The number of allylic oxidation sites excluding steroid dienone is 2. The third kappa shape index (κ3) is 9.78. The van der Waals surface area contributed by atoms with Gasteiger partial charge in [-0.3, -0.25) is 4.79 Å². The number of unbranched alkanes of at least 4 members (excludes halogenated alkanes) is 2. The molecule has 2 nitrogen and oxygen atoms in total. The molecule has 0 N–H and O–H groups in total. The Labute approximate surface area is 279 Å². The number of hydrogen-bond acceptors (Lipinski definition) is 2. The van der Waals surface area contributed by atoms with Crippen LogP contribution >= 0.6 is 0 Å². The molecule has 2 aliphatic rings. The van der Waals surface area contributed by atoms with Gasteiger partial charge in [-0.05, 0) is 142 Å². The molecule has 0 bridgehead atoms. The molecule has 0 heterocycles. The average molecular weight is 614 g/mol. The van der Waals surface area contributed by atoms with Gasteiger partial charge in [0.15, 0.2) is 5.78 Å². The fourth-order valence-corrected chi connectivity index (χ4v) is 7.87. The first kappa shape index (κ1) is 33.9. The second kappa shape index (κ2) is 17.5. The van der Waals surface area contributed by atoms with Gasteiger partial charge in [0.1, 0.15) is 0 Å². The van der Waals surface area contributed by atoms with Gasteiger partial charge in [0.2, 0.25) is 0 Å². The number of nitriles is 1. The Morgan fingerprint density at radius 2 is 1.57 bits per heavy atom. The first-order valence-corrected chi connectivity index (χ1v) is 18.4. The van der Waals surface area contributed by atoms with Crippen LogP contribution in [0.1, 0.15) is 147 Å². The van der Waals surface area contributed by atoms with Crippen molar-refractivity contribution in [1.82, 2.24) is 0 Å². The summed E-state index contributed by atoms with van der Waals surface area (Å²) in [5.41, 5.74) is 11.9. The van der Waals surface area contributed by atoms with E-state index in [4.69, 9.17) is 5.26 Å². The lowest BCUT2D eigenvalue weighted by molar-refractivity contribution is 0.0971. The minimum Gasteiger partial charge on any atom is -0.294 e. The van der Waals surface area contributed by atoms with Crippen molar-refractivity contribution in [1.29, 1.82) is 5.26 Å². The third-order valence-corrected chi connectivity index (χ3v) is 10.9. The number of nitrogens with zero attached hydrogens (tertiary/aromatic N) is 1. The first-order valence-electron chi connectivity index (χ1n) is 18.4. The summed E-state index contributed by atoms with van der Waals surface area (Å²) in [5.74, 6) is 1.74. The molecule has 242 valence electrons. The van der Waals surface area contributed by atoms with Gasteiger partial charge < -0.3 is 0 Å². The number of aryl methyl sites for hydroxylation is 4. The van der Waals surface area contributed by atoms with Crippen molar-refractivity contribution in [2.24, 2.45) is 11.8 Å². The summed E-state index contributed by atoms with van der Waals surface area (Å²) in [6.45, 7) is 4.43. The Balaban J connectivity index is 1.16. The van der Waals surface area contributed by atoms with Gasteiger partial charge in [-0.25, -0.2) is 0 Å². The van der Waals surface area contributed by atoms with E-state index in [-0.39, 0.29) is 0 Å². The Bertz CT molecular complexity index is 1490. The van der Waals surface area contributed by atoms with Crippen LogP contribution < -0.4 is 0 Å². The quantitative estimate of drug-likeness (QED) is 0.126. The molecular formula is C44H55NO. The molecule has 3 aromatic carbocycles. The number of ketones is 1. The smallest absolute Gasteiger partial charge is 0.162 e. The van der Waals surface area contributed by atoms with E-state index in [0.717, 1.165) is 42.7 Å². The summed E-state index contributed by atoms with van der Waals surface area (Å²) < 4.78 is 0. The summed E-state index contributed by atoms with van der Waals surface area (Å²) >= 11 is 0. The summed E-state index contributed by atoms with van der Waals surface area (Å²) in [5, 5.41) is 9.04. The number of fused-ring (bicyclic) bond motifs is 2. The van der Waals surface area contributed by atoms with Crippen molar-refractivity contribution in [3.63, 3.8) is 0 Å². The van der Waals surface area contributed by atoms with Crippen LogP contribution in [0.15, 0.2) is 72.3 Å². The van der Waals surface area contributed by atoms with Crippen LogP contribution in [-0.4, -0.2) is 5.78 Å². The van der Waals surface area contributed by atoms with Gasteiger partial charge in [-0.2, -0.15) is 5.26 Å². The fourth-order valence-electron chi connectivity index (χ4n) is 7.87. The predicted octanol–water partition coefficient (Wildman–Crippen LogP) is 12.0. The van der Waals surface area contributed by atoms with Gasteiger partial charge in [0.25, 0.3) is 0 Å². The summed E-state index contributed by atoms with van der Waals surface area (Å²) in [6, 6.07) is 26.0. The molecule has 2 aliphatic carbocycles. The van der Waals surface area contributed by atoms with E-state index in [2.05, 4.69) is 74.5 Å². The minimum atomic E-state index is 0.331. The van der Waals surface area contributed by atoms with Crippen LogP contribution in [0.2, 0.25) is 0 Å². The zero-order chi connectivity index (χ0) is 32.1. The molecule has 2 heteroatoms. The number of Topliss-reactive ketones (excluding diaryl/α,β-unsaturated/α-hetero) is 1. The Hall–Kier alpha value is -3.44. The summed E-state index contributed by atoms with van der Waals surface area (Å²) in [6.07, 6.45) is 21.0. The Morgan fingerprint density at radius 3 is 2.35 bits per heavy atom. The van der Waals surface area contributed by atoms with Gasteiger partial charge in [-0.1, -0.05) is 98.7 Å². The van der Waals surface area contributed by atoms with E-state index < -0.39 is 0 Å². The van der Waals surface area contributed by atoms with Crippen LogP contribution in [0.25, 0.3) is 5.57 Å². The van der Waals surface area contributed by atoms with Gasteiger partial charge in [0, 0.05) is 12.0 Å². The molecule has 46 heavy (non-hydrogen) atoms. The highest BCUT2D eigenvalue weighted by atomic mass is 16.1. The molecule has 0 saturated carbocycles. The zero-order valence-corrected chi connectivity index (χ0v) is 28.6. The van der Waals surface area contributed by atoms with Crippen molar-refractivity contribution in [3.05, 3.63) is 111 Å². The number of benzene rings is 3. The van der Waals surface area contributed by atoms with Crippen molar-refractivity contribution >= 4 is 11.4 Å².